The first-order valence-corrected chi connectivity index (χ1v) is 8.34. The number of nitrogens with zero attached hydrogens (tertiary/aromatic N) is 1. The lowest BCUT2D eigenvalue weighted by Crippen LogP contribution is -2.54. The molecular formula is C18H24N2O4. The van der Waals surface area contributed by atoms with Crippen LogP contribution in [0.5, 0.6) is 5.75 Å². The highest BCUT2D eigenvalue weighted by molar-refractivity contribution is 5.92. The van der Waals surface area contributed by atoms with Crippen molar-refractivity contribution in [2.75, 3.05) is 20.2 Å². The number of benzene rings is 1. The van der Waals surface area contributed by atoms with Crippen LogP contribution in [0.4, 0.5) is 0 Å². The standard InChI is InChI=1S/C18H24N2O4/c1-24-14-6-3-2-5-13(14)18(8-9-18)16(22)20-10-4-7-17(23,12-20)11-15(19)21/h2-3,5-6,23H,4,7-12H2,1H3,(H2,19,21). The summed E-state index contributed by atoms with van der Waals surface area (Å²) in [4.78, 5) is 26.1. The average Bonchev–Trinajstić information content (AvgIpc) is 3.34. The second kappa shape index (κ2) is 6.09. The first kappa shape index (κ1) is 16.8. The van der Waals surface area contributed by atoms with Gasteiger partial charge >= 0.3 is 0 Å². The van der Waals surface area contributed by atoms with Crippen LogP contribution in [0.3, 0.4) is 0 Å². The Bertz CT molecular complexity index is 656. The first-order chi connectivity index (χ1) is 11.4. The number of carbonyl (C=O) groups excluding carboxylic acids is 2. The van der Waals surface area contributed by atoms with Crippen molar-refractivity contribution in [2.45, 2.75) is 43.1 Å². The van der Waals surface area contributed by atoms with Crippen molar-refractivity contribution >= 4 is 11.8 Å². The number of β-amino-alcohol motifs (C(OH)–C–C–N with tert-alkyl or cyclic N) is 1. The van der Waals surface area contributed by atoms with Crippen LogP contribution in [0.2, 0.25) is 0 Å². The fraction of sp³-hybridized carbons (Fsp3) is 0.556. The predicted octanol–water partition coefficient (Wildman–Crippen LogP) is 0.956. The molecule has 1 saturated carbocycles. The van der Waals surface area contributed by atoms with E-state index in [-0.39, 0.29) is 18.9 Å². The summed E-state index contributed by atoms with van der Waals surface area (Å²) in [5.41, 5.74) is 4.37. The summed E-state index contributed by atoms with van der Waals surface area (Å²) >= 11 is 0. The molecule has 2 amide bonds. The summed E-state index contributed by atoms with van der Waals surface area (Å²) in [6.07, 6.45) is 2.59. The van der Waals surface area contributed by atoms with Crippen molar-refractivity contribution in [3.8, 4) is 5.75 Å². The van der Waals surface area contributed by atoms with Crippen LogP contribution < -0.4 is 10.5 Å². The molecule has 0 aromatic heterocycles. The molecule has 3 N–H and O–H groups in total. The largest absolute Gasteiger partial charge is 0.496 e. The molecule has 0 bridgehead atoms. The van der Waals surface area contributed by atoms with Crippen molar-refractivity contribution < 1.29 is 19.4 Å². The Kier molecular flexibility index (Phi) is 4.25. The van der Waals surface area contributed by atoms with Gasteiger partial charge in [-0.1, -0.05) is 18.2 Å². The van der Waals surface area contributed by atoms with Crippen LogP contribution in [0.25, 0.3) is 0 Å². The normalized spacial score (nSPS) is 25.2. The van der Waals surface area contributed by atoms with Gasteiger partial charge in [-0.25, -0.2) is 0 Å². The molecule has 1 unspecified atom stereocenters. The SMILES string of the molecule is COc1ccccc1C1(C(=O)N2CCCC(O)(CC(N)=O)C2)CC1. The summed E-state index contributed by atoms with van der Waals surface area (Å²) in [7, 11) is 1.60. The molecular weight excluding hydrogens is 308 g/mol. The van der Waals surface area contributed by atoms with E-state index in [2.05, 4.69) is 0 Å². The van der Waals surface area contributed by atoms with Crippen LogP contribution in [0.15, 0.2) is 24.3 Å². The minimum absolute atomic E-state index is 0.00888. The third-order valence-corrected chi connectivity index (χ3v) is 5.13. The third kappa shape index (κ3) is 2.98. The fourth-order valence-corrected chi connectivity index (χ4v) is 3.82. The molecule has 0 radical (unpaired) electrons. The lowest BCUT2D eigenvalue weighted by molar-refractivity contribution is -0.144. The second-order valence-electron chi connectivity index (χ2n) is 6.98. The van der Waals surface area contributed by atoms with Gasteiger partial charge < -0.3 is 20.5 Å². The molecule has 1 aromatic carbocycles. The molecule has 2 aliphatic rings. The monoisotopic (exact) mass is 332 g/mol. The average molecular weight is 332 g/mol. The number of methoxy groups -OCH3 is 1. The molecule has 2 fully saturated rings. The zero-order valence-corrected chi connectivity index (χ0v) is 14.0. The van der Waals surface area contributed by atoms with Crippen molar-refractivity contribution in [1.29, 1.82) is 0 Å². The first-order valence-electron chi connectivity index (χ1n) is 8.34. The number of likely N-dealkylation sites (tertiary alicyclic amines) is 1. The molecule has 1 aliphatic heterocycles. The lowest BCUT2D eigenvalue weighted by Gasteiger charge is -2.40. The minimum Gasteiger partial charge on any atom is -0.496 e. The van der Waals surface area contributed by atoms with E-state index in [4.69, 9.17) is 10.5 Å². The maximum absolute atomic E-state index is 13.2. The smallest absolute Gasteiger partial charge is 0.233 e. The number of aliphatic hydroxyl groups is 1. The molecule has 1 saturated heterocycles. The van der Waals surface area contributed by atoms with E-state index >= 15 is 0 Å². The Hall–Kier alpha value is -2.08. The number of carbonyl (C=O) groups is 2. The maximum Gasteiger partial charge on any atom is 0.233 e. The van der Waals surface area contributed by atoms with Gasteiger partial charge in [-0.15, -0.1) is 0 Å². The van der Waals surface area contributed by atoms with E-state index in [1.807, 2.05) is 24.3 Å². The van der Waals surface area contributed by atoms with Crippen LogP contribution in [-0.2, 0) is 15.0 Å². The Balaban J connectivity index is 1.82. The Morgan fingerprint density at radius 1 is 1.29 bits per heavy atom. The van der Waals surface area contributed by atoms with Crippen LogP contribution in [-0.4, -0.2) is 47.6 Å². The molecule has 24 heavy (non-hydrogen) atoms. The van der Waals surface area contributed by atoms with Gasteiger partial charge in [-0.3, -0.25) is 9.59 Å². The minimum atomic E-state index is -1.21. The molecule has 6 heteroatoms. The van der Waals surface area contributed by atoms with Crippen LogP contribution in [0, 0.1) is 0 Å². The highest BCUT2D eigenvalue weighted by atomic mass is 16.5. The molecule has 6 nitrogen and oxygen atoms in total. The summed E-state index contributed by atoms with van der Waals surface area (Å²) in [6.45, 7) is 0.752. The van der Waals surface area contributed by atoms with Crippen LogP contribution in [0.1, 0.15) is 37.7 Å². The van der Waals surface area contributed by atoms with Crippen molar-refractivity contribution in [3.63, 3.8) is 0 Å². The summed E-state index contributed by atoms with van der Waals surface area (Å²) < 4.78 is 5.42. The zero-order valence-electron chi connectivity index (χ0n) is 14.0. The van der Waals surface area contributed by atoms with Gasteiger partial charge in [0.15, 0.2) is 0 Å². The van der Waals surface area contributed by atoms with Crippen LogP contribution >= 0.6 is 0 Å². The molecule has 1 aromatic rings. The third-order valence-electron chi connectivity index (χ3n) is 5.13. The number of nitrogens with two attached hydrogens (primary N) is 1. The quantitative estimate of drug-likeness (QED) is 0.840. The van der Waals surface area contributed by atoms with E-state index < -0.39 is 16.9 Å². The van der Waals surface area contributed by atoms with E-state index in [0.717, 1.165) is 18.4 Å². The number of amides is 2. The Labute approximate surface area is 141 Å². The number of piperidine rings is 1. The number of hydrogen-bond donors (Lipinski definition) is 2. The summed E-state index contributed by atoms with van der Waals surface area (Å²) in [6, 6.07) is 7.59. The summed E-state index contributed by atoms with van der Waals surface area (Å²) in [5, 5.41) is 10.6. The molecule has 1 aliphatic carbocycles. The fourth-order valence-electron chi connectivity index (χ4n) is 3.82. The number of ether oxygens (including phenoxy) is 1. The van der Waals surface area contributed by atoms with Gasteiger partial charge in [-0.2, -0.15) is 0 Å². The highest BCUT2D eigenvalue weighted by Gasteiger charge is 2.55. The maximum atomic E-state index is 13.2. The number of rotatable bonds is 5. The van der Waals surface area contributed by atoms with Gasteiger partial charge in [0.25, 0.3) is 0 Å². The molecule has 130 valence electrons. The number of hydrogen-bond acceptors (Lipinski definition) is 4. The van der Waals surface area contributed by atoms with E-state index in [0.29, 0.717) is 25.1 Å². The van der Waals surface area contributed by atoms with Crippen molar-refractivity contribution in [2.24, 2.45) is 5.73 Å². The highest BCUT2D eigenvalue weighted by Crippen LogP contribution is 2.52. The number of primary amides is 1. The zero-order chi connectivity index (χ0) is 17.4. The second-order valence-corrected chi connectivity index (χ2v) is 6.98. The van der Waals surface area contributed by atoms with Crippen molar-refractivity contribution in [1.82, 2.24) is 4.90 Å². The predicted molar refractivity (Wildman–Crippen MR) is 88.5 cm³/mol. The van der Waals surface area contributed by atoms with Gasteiger partial charge in [-0.05, 0) is 31.7 Å². The van der Waals surface area contributed by atoms with Gasteiger partial charge in [0.1, 0.15) is 5.75 Å². The molecule has 1 heterocycles. The molecule has 1 atom stereocenters. The topological polar surface area (TPSA) is 92.9 Å². The Morgan fingerprint density at radius 3 is 2.62 bits per heavy atom. The van der Waals surface area contributed by atoms with Crippen molar-refractivity contribution in [3.05, 3.63) is 29.8 Å². The molecule has 0 spiro atoms. The number of para-hydroxylation sites is 1. The molecule has 3 rings (SSSR count). The van der Waals surface area contributed by atoms with E-state index in [1.165, 1.54) is 0 Å². The van der Waals surface area contributed by atoms with Gasteiger partial charge in [0.2, 0.25) is 11.8 Å². The Morgan fingerprint density at radius 2 is 2.00 bits per heavy atom. The lowest BCUT2D eigenvalue weighted by atomic mass is 9.87. The van der Waals surface area contributed by atoms with Gasteiger partial charge in [0, 0.05) is 18.7 Å². The summed E-state index contributed by atoms with van der Waals surface area (Å²) in [5.74, 6) is 0.181. The van der Waals surface area contributed by atoms with E-state index in [9.17, 15) is 14.7 Å². The van der Waals surface area contributed by atoms with Gasteiger partial charge in [0.05, 0.1) is 24.5 Å². The van der Waals surface area contributed by atoms with E-state index in [1.54, 1.807) is 12.0 Å².